The van der Waals surface area contributed by atoms with Crippen molar-refractivity contribution in [2.75, 3.05) is 12.3 Å². The van der Waals surface area contributed by atoms with Crippen molar-refractivity contribution in [3.8, 4) is 0 Å². The summed E-state index contributed by atoms with van der Waals surface area (Å²) >= 11 is 4.00. The fourth-order valence-corrected chi connectivity index (χ4v) is 5.24. The standard InChI is InChI=1S/C16H22N2S2/c1-2-19-14-10-6-9-13(14)18-16-17-11-15(20-16)12-7-4-3-5-8-12/h3-5,7-8,13-15H,2,6,9-11H2,1H3,(H,17,18). The summed E-state index contributed by atoms with van der Waals surface area (Å²) < 4.78 is 0. The molecule has 4 heteroatoms. The molecule has 20 heavy (non-hydrogen) atoms. The van der Waals surface area contributed by atoms with Gasteiger partial charge in [0.05, 0.1) is 11.8 Å². The maximum atomic E-state index is 4.71. The molecular weight excluding hydrogens is 284 g/mol. The first-order valence-electron chi connectivity index (χ1n) is 7.51. The van der Waals surface area contributed by atoms with Crippen molar-refractivity contribution in [2.24, 2.45) is 4.99 Å². The predicted octanol–water partition coefficient (Wildman–Crippen LogP) is 4.09. The van der Waals surface area contributed by atoms with Gasteiger partial charge >= 0.3 is 0 Å². The van der Waals surface area contributed by atoms with Gasteiger partial charge in [-0.2, -0.15) is 11.8 Å². The summed E-state index contributed by atoms with van der Waals surface area (Å²) in [5.41, 5.74) is 1.39. The van der Waals surface area contributed by atoms with E-state index in [0.29, 0.717) is 11.3 Å². The molecule has 3 rings (SSSR count). The molecular formula is C16H22N2S2. The van der Waals surface area contributed by atoms with Crippen molar-refractivity contribution >= 4 is 28.7 Å². The van der Waals surface area contributed by atoms with E-state index < -0.39 is 0 Å². The highest BCUT2D eigenvalue weighted by atomic mass is 32.2. The predicted molar refractivity (Wildman–Crippen MR) is 91.8 cm³/mol. The van der Waals surface area contributed by atoms with Crippen LogP contribution in [0.2, 0.25) is 0 Å². The van der Waals surface area contributed by atoms with E-state index in [9.17, 15) is 0 Å². The van der Waals surface area contributed by atoms with E-state index in [4.69, 9.17) is 4.99 Å². The molecule has 0 bridgehead atoms. The highest BCUT2D eigenvalue weighted by molar-refractivity contribution is 8.14. The van der Waals surface area contributed by atoms with Crippen LogP contribution < -0.4 is 5.32 Å². The SMILES string of the molecule is CCSC1CCCC1NC1=NCC(c2ccccc2)S1. The molecule has 1 aromatic carbocycles. The summed E-state index contributed by atoms with van der Waals surface area (Å²) in [6.45, 7) is 3.17. The van der Waals surface area contributed by atoms with Crippen LogP contribution in [0, 0.1) is 0 Å². The molecule has 1 aliphatic heterocycles. The first kappa shape index (κ1) is 14.3. The summed E-state index contributed by atoms with van der Waals surface area (Å²) in [7, 11) is 0. The van der Waals surface area contributed by atoms with Crippen LogP contribution in [0.1, 0.15) is 37.0 Å². The Bertz CT molecular complexity index is 461. The van der Waals surface area contributed by atoms with Crippen LogP contribution >= 0.6 is 23.5 Å². The molecule has 1 heterocycles. The van der Waals surface area contributed by atoms with E-state index in [2.05, 4.69) is 54.3 Å². The molecule has 0 radical (unpaired) electrons. The van der Waals surface area contributed by atoms with Crippen molar-refractivity contribution in [1.29, 1.82) is 0 Å². The average Bonchev–Trinajstić information content (AvgIpc) is 3.11. The molecule has 3 atom stereocenters. The third-order valence-corrected chi connectivity index (χ3v) is 6.47. The number of benzene rings is 1. The summed E-state index contributed by atoms with van der Waals surface area (Å²) in [4.78, 5) is 4.71. The maximum Gasteiger partial charge on any atom is 0.157 e. The lowest BCUT2D eigenvalue weighted by molar-refractivity contribution is 0.645. The zero-order valence-electron chi connectivity index (χ0n) is 11.9. The van der Waals surface area contributed by atoms with Crippen molar-refractivity contribution in [2.45, 2.75) is 42.7 Å². The Kier molecular flexibility index (Phi) is 4.94. The zero-order valence-corrected chi connectivity index (χ0v) is 13.6. The third kappa shape index (κ3) is 3.34. The van der Waals surface area contributed by atoms with Crippen LogP contribution in [0.4, 0.5) is 0 Å². The monoisotopic (exact) mass is 306 g/mol. The van der Waals surface area contributed by atoms with E-state index in [-0.39, 0.29) is 0 Å². The fourth-order valence-electron chi connectivity index (χ4n) is 2.96. The lowest BCUT2D eigenvalue weighted by atomic mass is 10.1. The van der Waals surface area contributed by atoms with E-state index >= 15 is 0 Å². The maximum absolute atomic E-state index is 4.71. The average molecular weight is 307 g/mol. The first-order valence-corrected chi connectivity index (χ1v) is 9.44. The van der Waals surface area contributed by atoms with E-state index in [0.717, 1.165) is 17.0 Å². The Morgan fingerprint density at radius 1 is 1.30 bits per heavy atom. The summed E-state index contributed by atoms with van der Waals surface area (Å²) in [5.74, 6) is 1.22. The fraction of sp³-hybridized carbons (Fsp3) is 0.562. The van der Waals surface area contributed by atoms with Gasteiger partial charge in [-0.15, -0.1) is 0 Å². The lowest BCUT2D eigenvalue weighted by Gasteiger charge is -2.21. The van der Waals surface area contributed by atoms with Crippen molar-refractivity contribution in [3.05, 3.63) is 35.9 Å². The molecule has 1 saturated carbocycles. The summed E-state index contributed by atoms with van der Waals surface area (Å²) in [5, 5.41) is 6.14. The Labute approximate surface area is 130 Å². The molecule has 108 valence electrons. The number of rotatable bonds is 4. The molecule has 1 fully saturated rings. The van der Waals surface area contributed by atoms with Crippen molar-refractivity contribution < 1.29 is 0 Å². The van der Waals surface area contributed by atoms with Gasteiger partial charge in [-0.05, 0) is 24.2 Å². The highest BCUT2D eigenvalue weighted by Gasteiger charge is 2.30. The quantitative estimate of drug-likeness (QED) is 0.906. The van der Waals surface area contributed by atoms with E-state index in [1.165, 1.54) is 30.6 Å². The van der Waals surface area contributed by atoms with Gasteiger partial charge in [-0.1, -0.05) is 55.4 Å². The molecule has 1 aliphatic carbocycles. The van der Waals surface area contributed by atoms with Gasteiger partial charge in [0.2, 0.25) is 0 Å². The molecule has 0 saturated heterocycles. The highest BCUT2D eigenvalue weighted by Crippen LogP contribution is 2.36. The van der Waals surface area contributed by atoms with Crippen LogP contribution in [-0.4, -0.2) is 28.8 Å². The second-order valence-corrected chi connectivity index (χ2v) is 8.05. The number of nitrogens with zero attached hydrogens (tertiary/aromatic N) is 1. The Hall–Kier alpha value is -0.610. The largest absolute Gasteiger partial charge is 0.361 e. The van der Waals surface area contributed by atoms with Crippen molar-refractivity contribution in [3.63, 3.8) is 0 Å². The van der Waals surface area contributed by atoms with Crippen LogP contribution in [-0.2, 0) is 0 Å². The number of hydrogen-bond donors (Lipinski definition) is 1. The Morgan fingerprint density at radius 3 is 2.95 bits per heavy atom. The van der Waals surface area contributed by atoms with Gasteiger partial charge in [-0.3, -0.25) is 4.99 Å². The molecule has 2 aliphatic rings. The number of aliphatic imine (C=N–C) groups is 1. The summed E-state index contributed by atoms with van der Waals surface area (Å²) in [6.07, 6.45) is 4.01. The van der Waals surface area contributed by atoms with Crippen LogP contribution in [0.15, 0.2) is 35.3 Å². The van der Waals surface area contributed by atoms with Crippen LogP contribution in [0.3, 0.4) is 0 Å². The molecule has 0 spiro atoms. The van der Waals surface area contributed by atoms with Gasteiger partial charge in [0.1, 0.15) is 0 Å². The lowest BCUT2D eigenvalue weighted by Crippen LogP contribution is -2.36. The topological polar surface area (TPSA) is 24.4 Å². The van der Waals surface area contributed by atoms with E-state index in [1.807, 2.05) is 11.8 Å². The molecule has 1 aromatic rings. The molecule has 2 nitrogen and oxygen atoms in total. The van der Waals surface area contributed by atoms with Crippen LogP contribution in [0.25, 0.3) is 0 Å². The minimum atomic E-state index is 0.498. The number of thioether (sulfide) groups is 2. The second kappa shape index (κ2) is 6.90. The Morgan fingerprint density at radius 2 is 2.15 bits per heavy atom. The smallest absolute Gasteiger partial charge is 0.157 e. The molecule has 3 unspecified atom stereocenters. The Balaban J connectivity index is 1.55. The van der Waals surface area contributed by atoms with Gasteiger partial charge < -0.3 is 5.32 Å². The van der Waals surface area contributed by atoms with Gasteiger partial charge in [0, 0.05) is 11.3 Å². The van der Waals surface area contributed by atoms with Gasteiger partial charge in [-0.25, -0.2) is 0 Å². The third-order valence-electron chi connectivity index (χ3n) is 3.97. The zero-order chi connectivity index (χ0) is 13.8. The minimum absolute atomic E-state index is 0.498. The second-order valence-electron chi connectivity index (χ2n) is 5.34. The molecule has 0 aromatic heterocycles. The number of hydrogen-bond acceptors (Lipinski definition) is 4. The number of nitrogens with one attached hydrogen (secondary N) is 1. The van der Waals surface area contributed by atoms with Gasteiger partial charge in [0.25, 0.3) is 0 Å². The summed E-state index contributed by atoms with van der Waals surface area (Å²) in [6, 6.07) is 11.4. The normalized spacial score (nSPS) is 29.4. The van der Waals surface area contributed by atoms with E-state index in [1.54, 1.807) is 0 Å². The van der Waals surface area contributed by atoms with Crippen molar-refractivity contribution in [1.82, 2.24) is 5.32 Å². The van der Waals surface area contributed by atoms with Crippen LogP contribution in [0.5, 0.6) is 0 Å². The first-order chi connectivity index (χ1) is 9.86. The minimum Gasteiger partial charge on any atom is -0.361 e. The molecule has 0 amide bonds. The number of amidine groups is 1. The molecule has 1 N–H and O–H groups in total. The van der Waals surface area contributed by atoms with Gasteiger partial charge in [0.15, 0.2) is 5.17 Å².